The highest BCUT2D eigenvalue weighted by molar-refractivity contribution is 5.58. The normalized spacial score (nSPS) is 37.3. The third-order valence-corrected chi connectivity index (χ3v) is 2.94. The van der Waals surface area contributed by atoms with Crippen molar-refractivity contribution in [2.45, 2.75) is 58.1 Å². The van der Waals surface area contributed by atoms with E-state index < -0.39 is 24.3 Å². The quantitative estimate of drug-likeness (QED) is 0.562. The highest BCUT2D eigenvalue weighted by Gasteiger charge is 2.55. The predicted molar refractivity (Wildman–Crippen MR) is 63.9 cm³/mol. The van der Waals surface area contributed by atoms with Gasteiger partial charge >= 0.3 is 0 Å². The van der Waals surface area contributed by atoms with Crippen LogP contribution in [-0.4, -0.2) is 43.3 Å². The molecule has 2 aliphatic heterocycles. The molecule has 0 aliphatic carbocycles. The Balaban J connectivity index is 2.01. The zero-order valence-corrected chi connectivity index (χ0v) is 11.2. The number of rotatable bonds is 4. The van der Waals surface area contributed by atoms with E-state index in [4.69, 9.17) is 18.9 Å². The van der Waals surface area contributed by atoms with Gasteiger partial charge in [-0.2, -0.15) is 0 Å². The molecule has 0 aromatic carbocycles. The van der Waals surface area contributed by atoms with Gasteiger partial charge in [-0.25, -0.2) is 0 Å². The molecule has 4 atom stereocenters. The number of aldehydes is 1. The summed E-state index contributed by atoms with van der Waals surface area (Å²) in [6.45, 7) is 8.06. The van der Waals surface area contributed by atoms with Crippen LogP contribution in [0.4, 0.5) is 0 Å². The first kappa shape index (κ1) is 13.7. The van der Waals surface area contributed by atoms with Gasteiger partial charge in [-0.15, -0.1) is 0 Å². The molecule has 2 saturated heterocycles. The smallest absolute Gasteiger partial charge is 0.190 e. The minimum atomic E-state index is -0.693. The Morgan fingerprint density at radius 2 is 2.06 bits per heavy atom. The standard InChI is InChI=1S/C13H20O5/c1-8(2)5-6-15-10-9(7-14)16-12-11(10)17-13(3,4)18-12/h5,7,9-12H,6H2,1-4H3. The highest BCUT2D eigenvalue weighted by Crippen LogP contribution is 2.38. The lowest BCUT2D eigenvalue weighted by Crippen LogP contribution is -2.37. The second-order valence-corrected chi connectivity index (χ2v) is 5.28. The summed E-state index contributed by atoms with van der Waals surface area (Å²) in [4.78, 5) is 11.0. The van der Waals surface area contributed by atoms with Gasteiger partial charge in [0.15, 0.2) is 18.4 Å². The molecule has 5 heteroatoms. The van der Waals surface area contributed by atoms with Gasteiger partial charge in [0.2, 0.25) is 0 Å². The summed E-state index contributed by atoms with van der Waals surface area (Å²) < 4.78 is 22.5. The molecular formula is C13H20O5. The molecule has 2 heterocycles. The van der Waals surface area contributed by atoms with E-state index in [9.17, 15) is 4.79 Å². The fourth-order valence-electron chi connectivity index (χ4n) is 2.13. The van der Waals surface area contributed by atoms with Crippen molar-refractivity contribution in [3.05, 3.63) is 11.6 Å². The van der Waals surface area contributed by atoms with Crippen molar-refractivity contribution in [1.29, 1.82) is 0 Å². The Morgan fingerprint density at radius 3 is 2.67 bits per heavy atom. The third-order valence-electron chi connectivity index (χ3n) is 2.94. The first-order valence-corrected chi connectivity index (χ1v) is 6.14. The monoisotopic (exact) mass is 256 g/mol. The molecule has 2 fully saturated rings. The summed E-state index contributed by atoms with van der Waals surface area (Å²) in [5, 5.41) is 0. The number of carbonyl (C=O) groups excluding carboxylic acids is 1. The average molecular weight is 256 g/mol. The molecule has 5 nitrogen and oxygen atoms in total. The van der Waals surface area contributed by atoms with Crippen LogP contribution in [0.15, 0.2) is 11.6 Å². The van der Waals surface area contributed by atoms with Crippen molar-refractivity contribution >= 4 is 6.29 Å². The summed E-state index contributed by atoms with van der Waals surface area (Å²) in [7, 11) is 0. The molecule has 0 spiro atoms. The van der Waals surface area contributed by atoms with Crippen LogP contribution in [0.3, 0.4) is 0 Å². The topological polar surface area (TPSA) is 54.0 Å². The lowest BCUT2D eigenvalue weighted by atomic mass is 10.1. The largest absolute Gasteiger partial charge is 0.368 e. The molecule has 18 heavy (non-hydrogen) atoms. The van der Waals surface area contributed by atoms with E-state index >= 15 is 0 Å². The van der Waals surface area contributed by atoms with Crippen molar-refractivity contribution < 1.29 is 23.7 Å². The van der Waals surface area contributed by atoms with Crippen LogP contribution < -0.4 is 0 Å². The molecular weight excluding hydrogens is 236 g/mol. The van der Waals surface area contributed by atoms with E-state index in [0.717, 1.165) is 11.9 Å². The number of fused-ring (bicyclic) bond motifs is 1. The molecule has 2 rings (SSSR count). The molecule has 102 valence electrons. The SMILES string of the molecule is CC(C)=CCOC1C(C=O)OC2OC(C)(C)OC21. The van der Waals surface area contributed by atoms with Crippen molar-refractivity contribution in [1.82, 2.24) is 0 Å². The lowest BCUT2D eigenvalue weighted by Gasteiger charge is -2.23. The Kier molecular flexibility index (Phi) is 3.87. The summed E-state index contributed by atoms with van der Waals surface area (Å²) in [6, 6.07) is 0. The number of carbonyl (C=O) groups is 1. The first-order chi connectivity index (χ1) is 8.43. The van der Waals surface area contributed by atoms with Crippen LogP contribution in [0, 0.1) is 0 Å². The molecule has 4 unspecified atom stereocenters. The Bertz CT molecular complexity index is 345. The Hall–Kier alpha value is -0.750. The molecule has 0 aromatic heterocycles. The van der Waals surface area contributed by atoms with Crippen LogP contribution in [0.2, 0.25) is 0 Å². The van der Waals surface area contributed by atoms with Crippen molar-refractivity contribution in [2.75, 3.05) is 6.61 Å². The fourth-order valence-corrected chi connectivity index (χ4v) is 2.13. The average Bonchev–Trinajstić information content (AvgIpc) is 2.71. The van der Waals surface area contributed by atoms with Gasteiger partial charge in [0.25, 0.3) is 0 Å². The second-order valence-electron chi connectivity index (χ2n) is 5.28. The Morgan fingerprint density at radius 1 is 1.33 bits per heavy atom. The summed E-state index contributed by atoms with van der Waals surface area (Å²) >= 11 is 0. The van der Waals surface area contributed by atoms with Crippen LogP contribution in [0.25, 0.3) is 0 Å². The molecule has 0 radical (unpaired) electrons. The summed E-state index contributed by atoms with van der Waals surface area (Å²) in [6.07, 6.45) is 0.792. The number of ether oxygens (including phenoxy) is 4. The molecule has 0 saturated carbocycles. The minimum Gasteiger partial charge on any atom is -0.368 e. The lowest BCUT2D eigenvalue weighted by molar-refractivity contribution is -0.214. The van der Waals surface area contributed by atoms with E-state index in [2.05, 4.69) is 0 Å². The van der Waals surface area contributed by atoms with E-state index in [1.54, 1.807) is 0 Å². The van der Waals surface area contributed by atoms with Gasteiger partial charge in [-0.1, -0.05) is 11.6 Å². The molecule has 0 amide bonds. The number of hydrogen-bond donors (Lipinski definition) is 0. The van der Waals surface area contributed by atoms with Crippen LogP contribution in [0.1, 0.15) is 27.7 Å². The Labute approximate surface area is 107 Å². The second kappa shape index (κ2) is 5.09. The van der Waals surface area contributed by atoms with Gasteiger partial charge < -0.3 is 23.7 Å². The number of hydrogen-bond acceptors (Lipinski definition) is 5. The first-order valence-electron chi connectivity index (χ1n) is 6.14. The zero-order chi connectivity index (χ0) is 13.3. The van der Waals surface area contributed by atoms with Crippen molar-refractivity contribution in [3.63, 3.8) is 0 Å². The van der Waals surface area contributed by atoms with Gasteiger partial charge in [-0.3, -0.25) is 0 Å². The maximum Gasteiger partial charge on any atom is 0.190 e. The van der Waals surface area contributed by atoms with Gasteiger partial charge in [0.05, 0.1) is 6.61 Å². The third kappa shape index (κ3) is 2.80. The van der Waals surface area contributed by atoms with Crippen LogP contribution in [-0.2, 0) is 23.7 Å². The predicted octanol–water partition coefficient (Wildman–Crippen LogP) is 1.41. The van der Waals surface area contributed by atoms with Gasteiger partial charge in [0.1, 0.15) is 18.3 Å². The molecule has 0 bridgehead atoms. The number of allylic oxidation sites excluding steroid dienone is 1. The van der Waals surface area contributed by atoms with E-state index in [0.29, 0.717) is 6.61 Å². The maximum absolute atomic E-state index is 11.0. The molecule has 0 N–H and O–H groups in total. The maximum atomic E-state index is 11.0. The minimum absolute atomic E-state index is 0.347. The van der Waals surface area contributed by atoms with Crippen molar-refractivity contribution in [3.8, 4) is 0 Å². The molecule has 2 aliphatic rings. The summed E-state index contributed by atoms with van der Waals surface area (Å²) in [5.74, 6) is -0.693. The van der Waals surface area contributed by atoms with E-state index in [-0.39, 0.29) is 6.10 Å². The van der Waals surface area contributed by atoms with Crippen LogP contribution >= 0.6 is 0 Å². The summed E-state index contributed by atoms with van der Waals surface area (Å²) in [5.41, 5.74) is 1.16. The van der Waals surface area contributed by atoms with Gasteiger partial charge in [0, 0.05) is 0 Å². The highest BCUT2D eigenvalue weighted by atomic mass is 16.8. The molecule has 0 aromatic rings. The van der Waals surface area contributed by atoms with E-state index in [1.807, 2.05) is 33.8 Å². The van der Waals surface area contributed by atoms with Gasteiger partial charge in [-0.05, 0) is 27.7 Å². The van der Waals surface area contributed by atoms with Crippen molar-refractivity contribution in [2.24, 2.45) is 0 Å². The van der Waals surface area contributed by atoms with Crippen LogP contribution in [0.5, 0.6) is 0 Å². The fraction of sp³-hybridized carbons (Fsp3) is 0.769. The van der Waals surface area contributed by atoms with E-state index in [1.165, 1.54) is 0 Å². The zero-order valence-electron chi connectivity index (χ0n) is 11.2.